The number of H-pyrrole nitrogens is 1. The zero-order valence-electron chi connectivity index (χ0n) is 16.1. The number of carboxylic acids is 1. The van der Waals surface area contributed by atoms with Crippen LogP contribution in [0.3, 0.4) is 0 Å². The summed E-state index contributed by atoms with van der Waals surface area (Å²) in [4.78, 5) is 42.6. The number of nitrogens with one attached hydrogen (secondary N) is 1. The minimum Gasteiger partial charge on any atom is -0.475 e. The maximum atomic E-state index is 13.0. The van der Waals surface area contributed by atoms with Crippen LogP contribution in [0.25, 0.3) is 10.9 Å². The SMILES string of the molecule is O=C(O)C(=O)c1c[nH]c2ccc(C(=O)N3CCN(Cc4ccc(F)cc4)CC3)cc12. The smallest absolute Gasteiger partial charge is 0.377 e. The van der Waals surface area contributed by atoms with Crippen LogP contribution in [0.2, 0.25) is 0 Å². The van der Waals surface area contributed by atoms with Crippen molar-refractivity contribution in [1.29, 1.82) is 0 Å². The van der Waals surface area contributed by atoms with Crippen LogP contribution in [-0.4, -0.2) is 63.7 Å². The van der Waals surface area contributed by atoms with Crippen LogP contribution in [0, 0.1) is 5.82 Å². The third kappa shape index (κ3) is 3.95. The molecule has 0 atom stereocenters. The van der Waals surface area contributed by atoms with Gasteiger partial charge in [-0.25, -0.2) is 9.18 Å². The lowest BCUT2D eigenvalue weighted by molar-refractivity contribution is -0.131. The average Bonchev–Trinajstić information content (AvgIpc) is 3.18. The standard InChI is InChI=1S/C22H20FN3O4/c23-16-4-1-14(2-5-16)13-25-7-9-26(10-8-25)21(28)15-3-6-19-17(11-15)18(12-24-19)20(27)22(29)30/h1-6,11-12,24H,7-10,13H2,(H,29,30). The Labute approximate surface area is 171 Å². The van der Waals surface area contributed by atoms with Gasteiger partial charge in [0.1, 0.15) is 5.82 Å². The second-order valence-corrected chi connectivity index (χ2v) is 7.29. The molecule has 1 aliphatic rings. The summed E-state index contributed by atoms with van der Waals surface area (Å²) >= 11 is 0. The first-order chi connectivity index (χ1) is 14.4. The van der Waals surface area contributed by atoms with E-state index in [0.717, 1.165) is 5.56 Å². The number of halogens is 1. The summed E-state index contributed by atoms with van der Waals surface area (Å²) < 4.78 is 13.0. The van der Waals surface area contributed by atoms with Crippen molar-refractivity contribution in [2.24, 2.45) is 0 Å². The molecule has 1 saturated heterocycles. The molecule has 0 spiro atoms. The molecule has 4 rings (SSSR count). The van der Waals surface area contributed by atoms with Crippen molar-refractivity contribution in [1.82, 2.24) is 14.8 Å². The predicted octanol–water partition coefficient (Wildman–Crippen LogP) is 2.53. The first-order valence-corrected chi connectivity index (χ1v) is 9.57. The van der Waals surface area contributed by atoms with E-state index < -0.39 is 11.8 Å². The van der Waals surface area contributed by atoms with Crippen LogP contribution in [0.1, 0.15) is 26.3 Å². The molecule has 2 aromatic carbocycles. The normalized spacial score (nSPS) is 14.8. The summed E-state index contributed by atoms with van der Waals surface area (Å²) in [5.74, 6) is -2.97. The molecule has 1 aliphatic heterocycles. The van der Waals surface area contributed by atoms with E-state index in [9.17, 15) is 18.8 Å². The zero-order chi connectivity index (χ0) is 21.3. The molecule has 1 fully saturated rings. The zero-order valence-corrected chi connectivity index (χ0v) is 16.1. The number of nitrogens with zero attached hydrogens (tertiary/aromatic N) is 2. The topological polar surface area (TPSA) is 93.7 Å². The van der Waals surface area contributed by atoms with Crippen LogP contribution in [0.15, 0.2) is 48.7 Å². The minimum atomic E-state index is -1.54. The molecule has 7 nitrogen and oxygen atoms in total. The van der Waals surface area contributed by atoms with E-state index in [1.165, 1.54) is 18.3 Å². The van der Waals surface area contributed by atoms with Gasteiger partial charge in [0.15, 0.2) is 0 Å². The number of Topliss-reactive ketones (excluding diaryl/α,β-unsaturated/α-hetero) is 1. The van der Waals surface area contributed by atoms with Gasteiger partial charge in [-0.2, -0.15) is 0 Å². The summed E-state index contributed by atoms with van der Waals surface area (Å²) in [7, 11) is 0. The number of carboxylic acid groups (broad SMARTS) is 1. The summed E-state index contributed by atoms with van der Waals surface area (Å²) in [5, 5.41) is 9.40. The van der Waals surface area contributed by atoms with E-state index in [0.29, 0.717) is 49.2 Å². The Balaban J connectivity index is 1.44. The van der Waals surface area contributed by atoms with Gasteiger partial charge in [0.25, 0.3) is 11.7 Å². The number of aromatic amines is 1. The highest BCUT2D eigenvalue weighted by Gasteiger charge is 2.24. The number of aromatic nitrogens is 1. The first kappa shape index (κ1) is 19.8. The molecule has 1 amide bonds. The molecule has 0 aliphatic carbocycles. The van der Waals surface area contributed by atoms with Gasteiger partial charge in [-0.15, -0.1) is 0 Å². The number of amides is 1. The molecule has 2 N–H and O–H groups in total. The molecule has 0 radical (unpaired) electrons. The van der Waals surface area contributed by atoms with E-state index in [1.807, 2.05) is 0 Å². The van der Waals surface area contributed by atoms with E-state index in [2.05, 4.69) is 9.88 Å². The van der Waals surface area contributed by atoms with Gasteiger partial charge in [-0.1, -0.05) is 12.1 Å². The van der Waals surface area contributed by atoms with Gasteiger partial charge in [-0.3, -0.25) is 14.5 Å². The van der Waals surface area contributed by atoms with Crippen LogP contribution in [0.5, 0.6) is 0 Å². The molecule has 8 heteroatoms. The average molecular weight is 409 g/mol. The summed E-state index contributed by atoms with van der Waals surface area (Å²) in [6, 6.07) is 11.3. The number of carbonyl (C=O) groups excluding carboxylic acids is 2. The molecular formula is C22H20FN3O4. The van der Waals surface area contributed by atoms with Crippen molar-refractivity contribution in [3.8, 4) is 0 Å². The first-order valence-electron chi connectivity index (χ1n) is 9.57. The van der Waals surface area contributed by atoms with Crippen molar-refractivity contribution in [2.75, 3.05) is 26.2 Å². The van der Waals surface area contributed by atoms with Gasteiger partial charge in [0.2, 0.25) is 0 Å². The van der Waals surface area contributed by atoms with E-state index in [-0.39, 0.29) is 17.3 Å². The van der Waals surface area contributed by atoms with E-state index in [4.69, 9.17) is 5.11 Å². The Morgan fingerprint density at radius 1 is 1.00 bits per heavy atom. The lowest BCUT2D eigenvalue weighted by Crippen LogP contribution is -2.48. The van der Waals surface area contributed by atoms with Crippen molar-refractivity contribution < 1.29 is 23.9 Å². The fourth-order valence-corrected chi connectivity index (χ4v) is 3.70. The molecule has 30 heavy (non-hydrogen) atoms. The fourth-order valence-electron chi connectivity index (χ4n) is 3.70. The van der Waals surface area contributed by atoms with Crippen LogP contribution < -0.4 is 0 Å². The highest BCUT2D eigenvalue weighted by molar-refractivity contribution is 6.42. The lowest BCUT2D eigenvalue weighted by Gasteiger charge is -2.34. The number of benzene rings is 2. The molecule has 0 saturated carbocycles. The Morgan fingerprint density at radius 2 is 1.70 bits per heavy atom. The Bertz CT molecular complexity index is 1120. The number of hydrogen-bond donors (Lipinski definition) is 2. The molecule has 3 aromatic rings. The van der Waals surface area contributed by atoms with Crippen LogP contribution in [0.4, 0.5) is 4.39 Å². The van der Waals surface area contributed by atoms with Gasteiger partial charge < -0.3 is 15.0 Å². The van der Waals surface area contributed by atoms with E-state index >= 15 is 0 Å². The van der Waals surface area contributed by atoms with Crippen LogP contribution in [-0.2, 0) is 11.3 Å². The van der Waals surface area contributed by atoms with Gasteiger partial charge in [0.05, 0.1) is 5.56 Å². The van der Waals surface area contributed by atoms with E-state index in [1.54, 1.807) is 35.2 Å². The summed E-state index contributed by atoms with van der Waals surface area (Å²) in [6.07, 6.45) is 1.35. The molecule has 0 unspecified atom stereocenters. The third-order valence-corrected chi connectivity index (χ3v) is 5.35. The fraction of sp³-hybridized carbons (Fsp3) is 0.227. The molecule has 154 valence electrons. The number of rotatable bonds is 5. The van der Waals surface area contributed by atoms with Crippen molar-refractivity contribution >= 4 is 28.6 Å². The second-order valence-electron chi connectivity index (χ2n) is 7.29. The molecule has 2 heterocycles. The van der Waals surface area contributed by atoms with Gasteiger partial charge >= 0.3 is 5.97 Å². The molecule has 0 bridgehead atoms. The maximum Gasteiger partial charge on any atom is 0.377 e. The largest absolute Gasteiger partial charge is 0.475 e. The number of ketones is 1. The summed E-state index contributed by atoms with van der Waals surface area (Å²) in [5.41, 5.74) is 2.06. The highest BCUT2D eigenvalue weighted by Crippen LogP contribution is 2.22. The lowest BCUT2D eigenvalue weighted by atomic mass is 10.1. The number of fused-ring (bicyclic) bond motifs is 1. The number of carbonyl (C=O) groups is 3. The van der Waals surface area contributed by atoms with Crippen LogP contribution >= 0.6 is 0 Å². The minimum absolute atomic E-state index is 0.0382. The summed E-state index contributed by atoms with van der Waals surface area (Å²) in [6.45, 7) is 3.17. The highest BCUT2D eigenvalue weighted by atomic mass is 19.1. The molecule has 1 aromatic heterocycles. The Kier molecular flexibility index (Phi) is 5.33. The van der Waals surface area contributed by atoms with Crippen molar-refractivity contribution in [3.63, 3.8) is 0 Å². The molecular weight excluding hydrogens is 389 g/mol. The quantitative estimate of drug-likeness (QED) is 0.499. The van der Waals surface area contributed by atoms with Gasteiger partial charge in [-0.05, 0) is 35.9 Å². The number of aliphatic carboxylic acids is 1. The predicted molar refractivity (Wildman–Crippen MR) is 108 cm³/mol. The third-order valence-electron chi connectivity index (χ3n) is 5.35. The Morgan fingerprint density at radius 3 is 2.37 bits per heavy atom. The second kappa shape index (κ2) is 8.08. The Hall–Kier alpha value is -3.52. The van der Waals surface area contributed by atoms with Crippen molar-refractivity contribution in [3.05, 3.63) is 71.2 Å². The van der Waals surface area contributed by atoms with Crippen molar-refractivity contribution in [2.45, 2.75) is 6.54 Å². The monoisotopic (exact) mass is 409 g/mol. The van der Waals surface area contributed by atoms with Gasteiger partial charge in [0, 0.05) is 55.4 Å². The number of hydrogen-bond acceptors (Lipinski definition) is 4. The number of piperazine rings is 1. The maximum absolute atomic E-state index is 13.0.